The van der Waals surface area contributed by atoms with Gasteiger partial charge in [-0.1, -0.05) is 6.92 Å². The molecule has 2 amide bonds. The second-order valence-corrected chi connectivity index (χ2v) is 7.19. The van der Waals surface area contributed by atoms with Crippen molar-refractivity contribution in [2.45, 2.75) is 27.2 Å². The maximum atomic E-state index is 12.9. The summed E-state index contributed by atoms with van der Waals surface area (Å²) >= 11 is 1.60. The van der Waals surface area contributed by atoms with E-state index in [1.807, 2.05) is 42.9 Å². The number of rotatable bonds is 5. The van der Waals surface area contributed by atoms with Gasteiger partial charge >= 0.3 is 0 Å². The molecule has 134 valence electrons. The number of nitrogens with one attached hydrogen (secondary N) is 2. The van der Waals surface area contributed by atoms with Gasteiger partial charge in [-0.25, -0.2) is 0 Å². The van der Waals surface area contributed by atoms with Gasteiger partial charge in [0.1, 0.15) is 5.00 Å². The van der Waals surface area contributed by atoms with Crippen LogP contribution in [-0.4, -0.2) is 16.4 Å². The van der Waals surface area contributed by atoms with Gasteiger partial charge in [-0.3, -0.25) is 9.59 Å². The van der Waals surface area contributed by atoms with Crippen molar-refractivity contribution in [1.29, 1.82) is 0 Å². The maximum Gasteiger partial charge on any atom is 0.258 e. The van der Waals surface area contributed by atoms with E-state index in [2.05, 4.69) is 10.6 Å². The molecule has 0 aliphatic heterocycles. The van der Waals surface area contributed by atoms with Crippen LogP contribution in [0.4, 0.5) is 11.4 Å². The Labute approximate surface area is 156 Å². The largest absolute Gasteiger partial charge is 0.326 e. The Morgan fingerprint density at radius 3 is 2.15 bits per heavy atom. The number of benzene rings is 1. The van der Waals surface area contributed by atoms with Gasteiger partial charge in [-0.05, 0) is 55.8 Å². The van der Waals surface area contributed by atoms with Crippen LogP contribution in [0.3, 0.4) is 0 Å². The highest BCUT2D eigenvalue weighted by atomic mass is 32.1. The summed E-state index contributed by atoms with van der Waals surface area (Å²) < 4.78 is 1.96. The first-order valence-corrected chi connectivity index (χ1v) is 9.26. The molecule has 0 fully saturated rings. The number of carbonyl (C=O) groups excluding carboxylic acids is 2. The summed E-state index contributed by atoms with van der Waals surface area (Å²) in [4.78, 5) is 25.4. The topological polar surface area (TPSA) is 63.1 Å². The number of nitrogens with zero attached hydrogens (tertiary/aromatic N) is 1. The summed E-state index contributed by atoms with van der Waals surface area (Å²) in [5.74, 6) is -0.177. The van der Waals surface area contributed by atoms with E-state index in [1.165, 1.54) is 0 Å². The molecule has 2 heterocycles. The van der Waals surface area contributed by atoms with E-state index in [0.717, 1.165) is 15.4 Å². The zero-order valence-corrected chi connectivity index (χ0v) is 15.8. The van der Waals surface area contributed by atoms with Crippen molar-refractivity contribution < 1.29 is 9.59 Å². The molecule has 3 rings (SSSR count). The van der Waals surface area contributed by atoms with Crippen molar-refractivity contribution in [2.24, 2.45) is 0 Å². The van der Waals surface area contributed by atoms with E-state index in [-0.39, 0.29) is 11.8 Å². The van der Waals surface area contributed by atoms with Crippen LogP contribution in [0.2, 0.25) is 0 Å². The van der Waals surface area contributed by atoms with Gasteiger partial charge in [0.05, 0.1) is 5.56 Å². The summed E-state index contributed by atoms with van der Waals surface area (Å²) in [6.45, 7) is 5.80. The number of hydrogen-bond donors (Lipinski definition) is 2. The van der Waals surface area contributed by atoms with Crippen LogP contribution in [0, 0.1) is 13.8 Å². The number of aryl methyl sites for hydroxylation is 1. The van der Waals surface area contributed by atoms with E-state index >= 15 is 0 Å². The highest BCUT2D eigenvalue weighted by Gasteiger charge is 2.20. The third kappa shape index (κ3) is 3.70. The molecule has 0 radical (unpaired) electrons. The third-order valence-electron chi connectivity index (χ3n) is 4.18. The fourth-order valence-corrected chi connectivity index (χ4v) is 3.73. The molecule has 0 saturated carbocycles. The van der Waals surface area contributed by atoms with E-state index in [9.17, 15) is 9.59 Å². The SMILES string of the molecule is CCC(=O)Nc1ccc(NC(=O)c2c(-n3cccc3)sc(C)c2C)cc1. The molecule has 0 saturated heterocycles. The van der Waals surface area contributed by atoms with Gasteiger partial charge in [-0.15, -0.1) is 11.3 Å². The number of thiophene rings is 1. The summed E-state index contributed by atoms with van der Waals surface area (Å²) in [6, 6.07) is 11.0. The van der Waals surface area contributed by atoms with Crippen molar-refractivity contribution in [3.63, 3.8) is 0 Å². The highest BCUT2D eigenvalue weighted by molar-refractivity contribution is 7.15. The molecule has 2 N–H and O–H groups in total. The molecule has 0 spiro atoms. The molecule has 0 atom stereocenters. The monoisotopic (exact) mass is 367 g/mol. The molecule has 1 aromatic carbocycles. The Balaban J connectivity index is 1.82. The molecular formula is C20H21N3O2S. The Kier molecular flexibility index (Phi) is 5.23. The van der Waals surface area contributed by atoms with Crippen LogP contribution in [0.1, 0.15) is 34.1 Å². The molecule has 6 heteroatoms. The fraction of sp³-hybridized carbons (Fsp3) is 0.200. The van der Waals surface area contributed by atoms with Gasteiger partial charge in [-0.2, -0.15) is 0 Å². The normalized spacial score (nSPS) is 10.6. The Bertz CT molecular complexity index is 925. The van der Waals surface area contributed by atoms with E-state index < -0.39 is 0 Å². The van der Waals surface area contributed by atoms with Gasteiger partial charge < -0.3 is 15.2 Å². The van der Waals surface area contributed by atoms with Gasteiger partial charge in [0.15, 0.2) is 0 Å². The Morgan fingerprint density at radius 1 is 1.00 bits per heavy atom. The lowest BCUT2D eigenvalue weighted by atomic mass is 10.1. The standard InChI is InChI=1S/C20H21N3O2S/c1-4-17(24)21-15-7-9-16(10-8-15)22-19(25)18-13(2)14(3)26-20(18)23-11-5-6-12-23/h5-12H,4H2,1-3H3,(H,21,24)(H,22,25). The number of amides is 2. The summed E-state index contributed by atoms with van der Waals surface area (Å²) in [7, 11) is 0. The average Bonchev–Trinajstić information content (AvgIpc) is 3.25. The molecule has 0 aliphatic carbocycles. The van der Waals surface area contributed by atoms with Crippen LogP contribution in [0.15, 0.2) is 48.8 Å². The third-order valence-corrected chi connectivity index (χ3v) is 5.40. The average molecular weight is 367 g/mol. The molecule has 5 nitrogen and oxygen atoms in total. The zero-order valence-electron chi connectivity index (χ0n) is 15.0. The quantitative estimate of drug-likeness (QED) is 0.683. The van der Waals surface area contributed by atoms with Crippen molar-refractivity contribution >= 4 is 34.5 Å². The van der Waals surface area contributed by atoms with Gasteiger partial charge in [0.25, 0.3) is 5.91 Å². The van der Waals surface area contributed by atoms with Crippen molar-refractivity contribution in [1.82, 2.24) is 4.57 Å². The lowest BCUT2D eigenvalue weighted by Gasteiger charge is -2.09. The number of aromatic nitrogens is 1. The number of hydrogen-bond acceptors (Lipinski definition) is 3. The first-order chi connectivity index (χ1) is 12.5. The molecule has 0 unspecified atom stereocenters. The maximum absolute atomic E-state index is 12.9. The minimum absolute atomic E-state index is 0.0393. The van der Waals surface area contributed by atoms with Crippen LogP contribution >= 0.6 is 11.3 Å². The van der Waals surface area contributed by atoms with Gasteiger partial charge in [0, 0.05) is 35.1 Å². The van der Waals surface area contributed by atoms with Crippen molar-refractivity contribution in [3.8, 4) is 5.00 Å². The Hall–Kier alpha value is -2.86. The van der Waals surface area contributed by atoms with Crippen molar-refractivity contribution in [3.05, 3.63) is 64.8 Å². The number of anilines is 2. The van der Waals surface area contributed by atoms with Crippen LogP contribution in [0.5, 0.6) is 0 Å². The van der Waals surface area contributed by atoms with Crippen LogP contribution < -0.4 is 10.6 Å². The fourth-order valence-electron chi connectivity index (χ4n) is 2.61. The summed E-state index contributed by atoms with van der Waals surface area (Å²) in [5, 5.41) is 6.65. The second kappa shape index (κ2) is 7.58. The molecule has 2 aromatic heterocycles. The minimum atomic E-state index is -0.138. The predicted molar refractivity (Wildman–Crippen MR) is 106 cm³/mol. The summed E-state index contributed by atoms with van der Waals surface area (Å²) in [5.41, 5.74) is 3.08. The lowest BCUT2D eigenvalue weighted by molar-refractivity contribution is -0.115. The molecule has 3 aromatic rings. The molecule has 0 aliphatic rings. The minimum Gasteiger partial charge on any atom is -0.326 e. The van der Waals surface area contributed by atoms with Crippen LogP contribution in [-0.2, 0) is 4.79 Å². The van der Waals surface area contributed by atoms with E-state index in [1.54, 1.807) is 42.5 Å². The first kappa shape index (κ1) is 17.9. The summed E-state index contributed by atoms with van der Waals surface area (Å²) in [6.07, 6.45) is 4.30. The molecule has 0 bridgehead atoms. The zero-order chi connectivity index (χ0) is 18.7. The second-order valence-electron chi connectivity index (χ2n) is 5.99. The van der Waals surface area contributed by atoms with Crippen molar-refractivity contribution in [2.75, 3.05) is 10.6 Å². The predicted octanol–water partition coefficient (Wildman–Crippen LogP) is 4.76. The molecule has 26 heavy (non-hydrogen) atoms. The van der Waals surface area contributed by atoms with E-state index in [4.69, 9.17) is 0 Å². The Morgan fingerprint density at radius 2 is 1.58 bits per heavy atom. The smallest absolute Gasteiger partial charge is 0.258 e. The molecular weight excluding hydrogens is 346 g/mol. The van der Waals surface area contributed by atoms with Crippen LogP contribution in [0.25, 0.3) is 5.00 Å². The highest BCUT2D eigenvalue weighted by Crippen LogP contribution is 2.31. The lowest BCUT2D eigenvalue weighted by Crippen LogP contribution is -2.15. The van der Waals surface area contributed by atoms with Gasteiger partial charge in [0.2, 0.25) is 5.91 Å². The first-order valence-electron chi connectivity index (χ1n) is 8.44. The van der Waals surface area contributed by atoms with E-state index in [0.29, 0.717) is 23.4 Å². The number of carbonyl (C=O) groups is 2.